The van der Waals surface area contributed by atoms with E-state index in [4.69, 9.17) is 0 Å². The number of carbonyl (C=O) groups is 2. The van der Waals surface area contributed by atoms with Gasteiger partial charge < -0.3 is 10.6 Å². The second-order valence-electron chi connectivity index (χ2n) is 4.47. The highest BCUT2D eigenvalue weighted by atomic mass is 16.2. The zero-order valence-electron chi connectivity index (χ0n) is 11.4. The van der Waals surface area contributed by atoms with E-state index in [2.05, 4.69) is 30.8 Å². The number of H-pyrrole nitrogens is 1. The van der Waals surface area contributed by atoms with Crippen LogP contribution in [0.15, 0.2) is 42.9 Å². The highest BCUT2D eigenvalue weighted by Crippen LogP contribution is 2.17. The van der Waals surface area contributed by atoms with Crippen molar-refractivity contribution in [2.45, 2.75) is 6.54 Å². The van der Waals surface area contributed by atoms with E-state index in [9.17, 15) is 9.59 Å². The average molecular weight is 296 g/mol. The minimum Gasteiger partial charge on any atom is -0.344 e. The van der Waals surface area contributed by atoms with Crippen molar-refractivity contribution < 1.29 is 9.59 Å². The number of aromatic nitrogens is 4. The topological polar surface area (TPSA) is 113 Å². The van der Waals surface area contributed by atoms with Gasteiger partial charge in [-0.2, -0.15) is 5.10 Å². The molecule has 3 heterocycles. The molecule has 110 valence electrons. The first kappa shape index (κ1) is 13.7. The number of fused-ring (bicyclic) bond motifs is 1. The number of nitrogens with one attached hydrogen (secondary N) is 3. The maximum atomic E-state index is 11.9. The van der Waals surface area contributed by atoms with Crippen molar-refractivity contribution in [3.63, 3.8) is 0 Å². The predicted octanol–water partition coefficient (Wildman–Crippen LogP) is 0.608. The summed E-state index contributed by atoms with van der Waals surface area (Å²) in [5.41, 5.74) is 1.27. The van der Waals surface area contributed by atoms with Crippen LogP contribution in [0, 0.1) is 0 Å². The van der Waals surface area contributed by atoms with Gasteiger partial charge in [0.15, 0.2) is 5.65 Å². The molecule has 2 amide bonds. The molecule has 22 heavy (non-hydrogen) atoms. The highest BCUT2D eigenvalue weighted by molar-refractivity contribution is 6.40. The molecule has 0 aliphatic rings. The standard InChI is InChI=1S/C14H12N6O2/c21-13(17-8-9-3-1-5-15-7-9)14(22)18-12-10-4-2-6-16-11(10)19-20-12/h1-7H,8H2,(H,17,21)(H2,16,18,19,20,22). The van der Waals surface area contributed by atoms with Crippen LogP contribution >= 0.6 is 0 Å². The van der Waals surface area contributed by atoms with Gasteiger partial charge in [-0.3, -0.25) is 19.7 Å². The Morgan fingerprint density at radius 3 is 2.82 bits per heavy atom. The van der Waals surface area contributed by atoms with E-state index in [0.717, 1.165) is 5.56 Å². The van der Waals surface area contributed by atoms with Crippen molar-refractivity contribution in [2.24, 2.45) is 0 Å². The average Bonchev–Trinajstić information content (AvgIpc) is 2.97. The van der Waals surface area contributed by atoms with E-state index in [-0.39, 0.29) is 6.54 Å². The number of hydrogen-bond donors (Lipinski definition) is 3. The molecular weight excluding hydrogens is 284 g/mol. The molecule has 0 spiro atoms. The van der Waals surface area contributed by atoms with E-state index >= 15 is 0 Å². The summed E-state index contributed by atoms with van der Waals surface area (Å²) < 4.78 is 0. The Kier molecular flexibility index (Phi) is 3.73. The summed E-state index contributed by atoms with van der Waals surface area (Å²) in [4.78, 5) is 31.6. The monoisotopic (exact) mass is 296 g/mol. The van der Waals surface area contributed by atoms with Gasteiger partial charge in [0.2, 0.25) is 0 Å². The van der Waals surface area contributed by atoms with Crippen molar-refractivity contribution in [3.05, 3.63) is 48.4 Å². The van der Waals surface area contributed by atoms with Crippen LogP contribution in [-0.2, 0) is 16.1 Å². The van der Waals surface area contributed by atoms with Gasteiger partial charge in [0.25, 0.3) is 0 Å². The molecule has 8 heteroatoms. The first-order valence-electron chi connectivity index (χ1n) is 6.51. The first-order chi connectivity index (χ1) is 10.7. The second kappa shape index (κ2) is 6.00. The third kappa shape index (κ3) is 2.90. The summed E-state index contributed by atoms with van der Waals surface area (Å²) in [7, 11) is 0. The van der Waals surface area contributed by atoms with Gasteiger partial charge in [-0.05, 0) is 23.8 Å². The summed E-state index contributed by atoms with van der Waals surface area (Å²) >= 11 is 0. The minimum atomic E-state index is -0.779. The fourth-order valence-corrected chi connectivity index (χ4v) is 1.88. The van der Waals surface area contributed by atoms with Crippen molar-refractivity contribution in [1.29, 1.82) is 0 Å². The van der Waals surface area contributed by atoms with Gasteiger partial charge in [0.05, 0.1) is 5.39 Å². The number of nitrogens with zero attached hydrogens (tertiary/aromatic N) is 3. The van der Waals surface area contributed by atoms with Crippen LogP contribution in [0.25, 0.3) is 11.0 Å². The van der Waals surface area contributed by atoms with E-state index in [1.54, 1.807) is 42.9 Å². The Morgan fingerprint density at radius 1 is 1.14 bits per heavy atom. The van der Waals surface area contributed by atoms with Gasteiger partial charge in [-0.1, -0.05) is 6.07 Å². The molecule has 8 nitrogen and oxygen atoms in total. The van der Waals surface area contributed by atoms with Crippen LogP contribution < -0.4 is 10.6 Å². The lowest BCUT2D eigenvalue weighted by molar-refractivity contribution is -0.136. The summed E-state index contributed by atoms with van der Waals surface area (Å²) in [6.45, 7) is 0.228. The smallest absolute Gasteiger partial charge is 0.314 e. The van der Waals surface area contributed by atoms with E-state index < -0.39 is 11.8 Å². The number of anilines is 1. The molecule has 0 aromatic carbocycles. The van der Waals surface area contributed by atoms with Crippen LogP contribution in [0.1, 0.15) is 5.56 Å². The molecule has 0 saturated carbocycles. The number of aromatic amines is 1. The third-order valence-electron chi connectivity index (χ3n) is 2.95. The van der Waals surface area contributed by atoms with Crippen LogP contribution in [0.4, 0.5) is 5.82 Å². The van der Waals surface area contributed by atoms with Gasteiger partial charge in [-0.15, -0.1) is 0 Å². The lowest BCUT2D eigenvalue weighted by Crippen LogP contribution is -2.35. The molecular formula is C14H12N6O2. The van der Waals surface area contributed by atoms with Gasteiger partial charge in [0.1, 0.15) is 5.82 Å². The largest absolute Gasteiger partial charge is 0.344 e. The third-order valence-corrected chi connectivity index (χ3v) is 2.95. The van der Waals surface area contributed by atoms with Crippen LogP contribution in [0.2, 0.25) is 0 Å². The van der Waals surface area contributed by atoms with Crippen molar-refractivity contribution in [2.75, 3.05) is 5.32 Å². The molecule has 0 unspecified atom stereocenters. The molecule has 3 N–H and O–H groups in total. The summed E-state index contributed by atoms with van der Waals surface area (Å²) in [6.07, 6.45) is 4.84. The SMILES string of the molecule is O=C(NCc1cccnc1)C(=O)Nc1[nH]nc2ncccc12. The Labute approximate surface area is 125 Å². The first-order valence-corrected chi connectivity index (χ1v) is 6.51. The normalized spacial score (nSPS) is 10.4. The highest BCUT2D eigenvalue weighted by Gasteiger charge is 2.16. The fraction of sp³-hybridized carbons (Fsp3) is 0.0714. The van der Waals surface area contributed by atoms with E-state index in [1.165, 1.54) is 0 Å². The minimum absolute atomic E-state index is 0.228. The Balaban J connectivity index is 1.63. The molecule has 0 atom stereocenters. The zero-order valence-corrected chi connectivity index (χ0v) is 11.4. The molecule has 0 bridgehead atoms. The predicted molar refractivity (Wildman–Crippen MR) is 78.6 cm³/mol. The van der Waals surface area contributed by atoms with Crippen molar-refractivity contribution in [3.8, 4) is 0 Å². The summed E-state index contributed by atoms with van der Waals surface area (Å²) in [6, 6.07) is 7.02. The Morgan fingerprint density at radius 2 is 2.00 bits per heavy atom. The van der Waals surface area contributed by atoms with Crippen molar-refractivity contribution in [1.82, 2.24) is 25.5 Å². The zero-order chi connectivity index (χ0) is 15.4. The maximum Gasteiger partial charge on any atom is 0.314 e. The molecule has 0 fully saturated rings. The van der Waals surface area contributed by atoms with Gasteiger partial charge in [0, 0.05) is 25.1 Å². The lowest BCUT2D eigenvalue weighted by Gasteiger charge is -2.05. The number of amides is 2. The molecule has 0 radical (unpaired) electrons. The molecule has 0 saturated heterocycles. The van der Waals surface area contributed by atoms with Crippen LogP contribution in [0.5, 0.6) is 0 Å². The molecule has 3 rings (SSSR count). The second-order valence-corrected chi connectivity index (χ2v) is 4.47. The lowest BCUT2D eigenvalue weighted by atomic mass is 10.3. The van der Waals surface area contributed by atoms with Gasteiger partial charge >= 0.3 is 11.8 Å². The van der Waals surface area contributed by atoms with Crippen LogP contribution in [0.3, 0.4) is 0 Å². The quantitative estimate of drug-likeness (QED) is 0.613. The number of carbonyl (C=O) groups excluding carboxylic acids is 2. The molecule has 3 aromatic rings. The Hall–Kier alpha value is -3.29. The van der Waals surface area contributed by atoms with Crippen molar-refractivity contribution >= 4 is 28.7 Å². The summed E-state index contributed by atoms with van der Waals surface area (Å²) in [5, 5.41) is 12.2. The van der Waals surface area contributed by atoms with Crippen LogP contribution in [-0.4, -0.2) is 32.0 Å². The molecule has 3 aromatic heterocycles. The number of rotatable bonds is 3. The summed E-state index contributed by atoms with van der Waals surface area (Å²) in [5.74, 6) is -1.18. The molecule has 0 aliphatic carbocycles. The number of hydrogen-bond acceptors (Lipinski definition) is 5. The maximum absolute atomic E-state index is 11.9. The van der Waals surface area contributed by atoms with E-state index in [1.807, 2.05) is 0 Å². The fourth-order valence-electron chi connectivity index (χ4n) is 1.88. The van der Waals surface area contributed by atoms with E-state index in [0.29, 0.717) is 16.9 Å². The Bertz CT molecular complexity index is 814. The number of pyridine rings is 2. The van der Waals surface area contributed by atoms with Gasteiger partial charge in [-0.25, -0.2) is 4.98 Å². The molecule has 0 aliphatic heterocycles.